The van der Waals surface area contributed by atoms with Crippen LogP contribution in [0.15, 0.2) is 108 Å². The highest BCUT2D eigenvalue weighted by Crippen LogP contribution is 2.50. The second-order valence-corrected chi connectivity index (χ2v) is 9.20. The maximum absolute atomic E-state index is 3.80. The summed E-state index contributed by atoms with van der Waals surface area (Å²) in [6.07, 6.45) is 0. The average Bonchev–Trinajstić information content (AvgIpc) is 3.30. The van der Waals surface area contributed by atoms with Gasteiger partial charge in [0.2, 0.25) is 0 Å². The molecule has 0 spiro atoms. The molecule has 0 radical (unpaired) electrons. The third-order valence-corrected chi connectivity index (χ3v) is 7.17. The van der Waals surface area contributed by atoms with Crippen LogP contribution in [0.25, 0.3) is 21.5 Å². The fourth-order valence-corrected chi connectivity index (χ4v) is 5.51. The Morgan fingerprint density at radius 1 is 0.750 bits per heavy atom. The molecule has 1 aliphatic rings. The van der Waals surface area contributed by atoms with Gasteiger partial charge in [-0.1, -0.05) is 96.7 Å². The molecule has 0 aromatic heterocycles. The Morgan fingerprint density at radius 2 is 1.47 bits per heavy atom. The Balaban J connectivity index is 1.35. The first-order valence-corrected chi connectivity index (χ1v) is 11.7. The van der Waals surface area contributed by atoms with Gasteiger partial charge in [-0.3, -0.25) is 0 Å². The van der Waals surface area contributed by atoms with Crippen molar-refractivity contribution in [2.24, 2.45) is 0 Å². The number of fused-ring (bicyclic) bond motifs is 5. The minimum Gasteiger partial charge on any atom is -0.368 e. The summed E-state index contributed by atoms with van der Waals surface area (Å²) in [4.78, 5) is 1.31. The number of rotatable bonds is 5. The van der Waals surface area contributed by atoms with Crippen molar-refractivity contribution in [3.05, 3.63) is 114 Å². The van der Waals surface area contributed by atoms with Crippen LogP contribution in [-0.4, -0.2) is 0 Å². The highest BCUT2D eigenvalue weighted by atomic mass is 32.2. The number of nitrogens with one attached hydrogen (secondary N) is 3. The molecule has 0 aliphatic carbocycles. The molecule has 1 aliphatic heterocycles. The number of hydrazine groups is 1. The second kappa shape index (κ2) is 8.23. The zero-order chi connectivity index (χ0) is 21.3. The monoisotopic (exact) mass is 433 g/mol. The summed E-state index contributed by atoms with van der Waals surface area (Å²) in [6, 6.07) is 36.6. The van der Waals surface area contributed by atoms with Crippen molar-refractivity contribution in [3.8, 4) is 0 Å². The molecule has 6 rings (SSSR count). The predicted molar refractivity (Wildman–Crippen MR) is 137 cm³/mol. The SMILES string of the molecule is c1ccc(CNNc2ccc3ccc4ccc5c(c4c3c2)NC(c2ccccc2)S5)cc1. The van der Waals surface area contributed by atoms with E-state index in [-0.39, 0.29) is 5.37 Å². The lowest BCUT2D eigenvalue weighted by Crippen LogP contribution is -2.20. The van der Waals surface area contributed by atoms with Crippen molar-refractivity contribution in [2.75, 3.05) is 10.7 Å². The lowest BCUT2D eigenvalue weighted by molar-refractivity contribution is 0.802. The minimum atomic E-state index is 0.237. The molecular weight excluding hydrogens is 410 g/mol. The van der Waals surface area contributed by atoms with E-state index >= 15 is 0 Å². The van der Waals surface area contributed by atoms with Crippen LogP contribution >= 0.6 is 11.8 Å². The third kappa shape index (κ3) is 3.58. The second-order valence-electron chi connectivity index (χ2n) is 8.06. The van der Waals surface area contributed by atoms with E-state index in [4.69, 9.17) is 0 Å². The van der Waals surface area contributed by atoms with Gasteiger partial charge in [0, 0.05) is 22.5 Å². The molecule has 5 aromatic carbocycles. The molecule has 3 nitrogen and oxygen atoms in total. The Hall–Kier alpha value is -3.47. The zero-order valence-electron chi connectivity index (χ0n) is 17.5. The Kier molecular flexibility index (Phi) is 4.94. The lowest BCUT2D eigenvalue weighted by Gasteiger charge is -2.14. The number of hydrogen-bond acceptors (Lipinski definition) is 4. The lowest BCUT2D eigenvalue weighted by atomic mass is 9.99. The first-order chi connectivity index (χ1) is 15.8. The summed E-state index contributed by atoms with van der Waals surface area (Å²) in [5.41, 5.74) is 11.6. The van der Waals surface area contributed by atoms with E-state index in [0.29, 0.717) is 0 Å². The van der Waals surface area contributed by atoms with Gasteiger partial charge in [-0.05, 0) is 45.5 Å². The minimum absolute atomic E-state index is 0.237. The molecule has 0 saturated carbocycles. The van der Waals surface area contributed by atoms with Gasteiger partial charge in [0.1, 0.15) is 5.37 Å². The van der Waals surface area contributed by atoms with Gasteiger partial charge < -0.3 is 10.7 Å². The van der Waals surface area contributed by atoms with Crippen molar-refractivity contribution < 1.29 is 0 Å². The van der Waals surface area contributed by atoms with Gasteiger partial charge in [-0.2, -0.15) is 0 Å². The largest absolute Gasteiger partial charge is 0.368 e. The fraction of sp³-hybridized carbons (Fsp3) is 0.0714. The standard InChI is InChI=1S/C28H23N3S/c1-3-7-19(8-4-1)18-29-31-23-15-13-20-11-12-21-14-16-25-27(26(21)24(20)17-23)30-28(32-25)22-9-5-2-6-10-22/h1-17,28-31H,18H2. The normalized spacial score (nSPS) is 14.9. The van der Waals surface area contributed by atoms with Crippen LogP contribution in [-0.2, 0) is 6.54 Å². The zero-order valence-corrected chi connectivity index (χ0v) is 18.3. The van der Waals surface area contributed by atoms with Gasteiger partial charge in [0.05, 0.1) is 5.69 Å². The first-order valence-electron chi connectivity index (χ1n) is 10.9. The van der Waals surface area contributed by atoms with Crippen molar-refractivity contribution in [2.45, 2.75) is 16.8 Å². The van der Waals surface area contributed by atoms with Crippen LogP contribution in [0.1, 0.15) is 16.5 Å². The molecule has 32 heavy (non-hydrogen) atoms. The molecule has 0 fully saturated rings. The summed E-state index contributed by atoms with van der Waals surface area (Å²) in [7, 11) is 0. The van der Waals surface area contributed by atoms with Crippen LogP contribution in [0.2, 0.25) is 0 Å². The van der Waals surface area contributed by atoms with Crippen LogP contribution in [0.4, 0.5) is 11.4 Å². The number of hydrogen-bond donors (Lipinski definition) is 3. The maximum atomic E-state index is 3.80. The third-order valence-electron chi connectivity index (χ3n) is 5.96. The van der Waals surface area contributed by atoms with E-state index in [9.17, 15) is 0 Å². The van der Waals surface area contributed by atoms with Gasteiger partial charge in [0.15, 0.2) is 0 Å². The quantitative estimate of drug-likeness (QED) is 0.200. The molecule has 0 saturated heterocycles. The number of benzene rings is 5. The number of anilines is 2. The van der Waals surface area contributed by atoms with Crippen molar-refractivity contribution >= 4 is 44.7 Å². The van der Waals surface area contributed by atoms with E-state index < -0.39 is 0 Å². The van der Waals surface area contributed by atoms with Crippen molar-refractivity contribution in [1.82, 2.24) is 5.43 Å². The van der Waals surface area contributed by atoms with E-state index in [0.717, 1.165) is 12.2 Å². The predicted octanol–water partition coefficient (Wildman–Crippen LogP) is 7.33. The van der Waals surface area contributed by atoms with Crippen LogP contribution in [0.5, 0.6) is 0 Å². The molecule has 0 amide bonds. The van der Waals surface area contributed by atoms with Crippen molar-refractivity contribution in [1.29, 1.82) is 0 Å². The molecule has 3 N–H and O–H groups in total. The molecule has 1 atom stereocenters. The Bertz CT molecular complexity index is 1400. The van der Waals surface area contributed by atoms with Gasteiger partial charge in [0.25, 0.3) is 0 Å². The van der Waals surface area contributed by atoms with Crippen LogP contribution in [0.3, 0.4) is 0 Å². The summed E-state index contributed by atoms with van der Waals surface area (Å²) in [5, 5.41) is 9.08. The summed E-state index contributed by atoms with van der Waals surface area (Å²) >= 11 is 1.89. The first kappa shape index (κ1) is 19.2. The van der Waals surface area contributed by atoms with Crippen molar-refractivity contribution in [3.63, 3.8) is 0 Å². The molecule has 1 unspecified atom stereocenters. The number of thioether (sulfide) groups is 1. The average molecular weight is 434 g/mol. The van der Waals surface area contributed by atoms with Crippen LogP contribution < -0.4 is 16.2 Å². The van der Waals surface area contributed by atoms with Gasteiger partial charge in [-0.15, -0.1) is 0 Å². The Labute approximate surface area is 191 Å². The molecule has 1 heterocycles. The molecule has 156 valence electrons. The molecule has 5 aromatic rings. The summed E-state index contributed by atoms with van der Waals surface area (Å²) in [5.74, 6) is 0. The van der Waals surface area contributed by atoms with Gasteiger partial charge >= 0.3 is 0 Å². The smallest absolute Gasteiger partial charge is 0.103 e. The summed E-state index contributed by atoms with van der Waals surface area (Å²) in [6.45, 7) is 0.765. The van der Waals surface area contributed by atoms with Crippen LogP contribution in [0, 0.1) is 0 Å². The highest BCUT2D eigenvalue weighted by molar-refractivity contribution is 8.00. The topological polar surface area (TPSA) is 36.1 Å². The molecule has 4 heteroatoms. The highest BCUT2D eigenvalue weighted by Gasteiger charge is 2.25. The fourth-order valence-electron chi connectivity index (χ4n) is 4.36. The van der Waals surface area contributed by atoms with E-state index in [1.165, 1.54) is 43.3 Å². The van der Waals surface area contributed by atoms with E-state index in [1.807, 2.05) is 17.8 Å². The maximum Gasteiger partial charge on any atom is 0.103 e. The molecule has 0 bridgehead atoms. The Morgan fingerprint density at radius 3 is 2.31 bits per heavy atom. The van der Waals surface area contributed by atoms with Gasteiger partial charge in [-0.25, -0.2) is 5.43 Å². The van der Waals surface area contributed by atoms with E-state index in [1.54, 1.807) is 0 Å². The summed E-state index contributed by atoms with van der Waals surface area (Å²) < 4.78 is 0. The van der Waals surface area contributed by atoms with E-state index in [2.05, 4.69) is 113 Å². The molecular formula is C28H23N3S.